The monoisotopic (exact) mass is 359 g/mol. The maximum absolute atomic E-state index is 13.1. The number of hydrogen-bond donors (Lipinski definition) is 0. The van der Waals surface area contributed by atoms with Crippen molar-refractivity contribution < 1.29 is 0 Å². The molecule has 0 fully saturated rings. The van der Waals surface area contributed by atoms with Gasteiger partial charge in [-0.15, -0.1) is 0 Å². The largest absolute Gasteiger partial charge is 0.268 e. The topological polar surface area (TPSA) is 47.8 Å². The van der Waals surface area contributed by atoms with E-state index in [9.17, 15) is 4.79 Å². The second-order valence-corrected chi connectivity index (χ2v) is 6.16. The van der Waals surface area contributed by atoms with Crippen LogP contribution in [0.15, 0.2) is 77.9 Å². The Hall–Kier alpha value is -3.24. The van der Waals surface area contributed by atoms with E-state index in [1.165, 1.54) is 0 Å². The number of pyridine rings is 1. The molecule has 0 bridgehead atoms. The molecule has 0 saturated carbocycles. The van der Waals surface area contributed by atoms with Crippen molar-refractivity contribution >= 4 is 34.7 Å². The Morgan fingerprint density at radius 1 is 0.923 bits per heavy atom. The summed E-state index contributed by atoms with van der Waals surface area (Å²) in [6.07, 6.45) is 7.17. The first-order chi connectivity index (χ1) is 12.7. The van der Waals surface area contributed by atoms with Crippen LogP contribution in [0.5, 0.6) is 0 Å². The number of rotatable bonds is 3. The van der Waals surface area contributed by atoms with Gasteiger partial charge in [-0.2, -0.15) is 0 Å². The van der Waals surface area contributed by atoms with E-state index >= 15 is 0 Å². The number of halogens is 1. The fraction of sp³-hybridized carbons (Fsp3) is 0. The van der Waals surface area contributed by atoms with E-state index in [0.717, 1.165) is 5.56 Å². The maximum atomic E-state index is 13.1. The zero-order chi connectivity index (χ0) is 17.9. The molecule has 0 radical (unpaired) electrons. The lowest BCUT2D eigenvalue weighted by Crippen LogP contribution is -2.22. The minimum atomic E-state index is -0.122. The highest BCUT2D eigenvalue weighted by atomic mass is 35.5. The van der Waals surface area contributed by atoms with E-state index in [1.807, 2.05) is 54.6 Å². The first-order valence-electron chi connectivity index (χ1n) is 8.08. The Morgan fingerprint density at radius 3 is 2.50 bits per heavy atom. The zero-order valence-corrected chi connectivity index (χ0v) is 14.5. The zero-order valence-electron chi connectivity index (χ0n) is 13.7. The number of benzene rings is 2. The van der Waals surface area contributed by atoms with Gasteiger partial charge < -0.3 is 0 Å². The minimum absolute atomic E-state index is 0.122. The summed E-state index contributed by atoms with van der Waals surface area (Å²) in [5.41, 5.74) is 2.18. The lowest BCUT2D eigenvalue weighted by atomic mass is 10.2. The van der Waals surface area contributed by atoms with Gasteiger partial charge >= 0.3 is 0 Å². The first kappa shape index (κ1) is 16.2. The quantitative estimate of drug-likeness (QED) is 0.537. The Morgan fingerprint density at radius 2 is 1.73 bits per heavy atom. The molecule has 0 atom stereocenters. The molecule has 4 rings (SSSR count). The van der Waals surface area contributed by atoms with Gasteiger partial charge in [-0.25, -0.2) is 4.98 Å². The van der Waals surface area contributed by atoms with E-state index in [2.05, 4.69) is 9.97 Å². The number of para-hydroxylation sites is 1. The molecule has 4 aromatic rings. The molecular formula is C21H14ClN3O. The third-order valence-electron chi connectivity index (χ3n) is 4.00. The van der Waals surface area contributed by atoms with E-state index < -0.39 is 0 Å². The first-order valence-corrected chi connectivity index (χ1v) is 8.46. The van der Waals surface area contributed by atoms with Crippen LogP contribution in [0.1, 0.15) is 11.4 Å². The van der Waals surface area contributed by atoms with Gasteiger partial charge in [0.1, 0.15) is 5.82 Å². The van der Waals surface area contributed by atoms with E-state index in [4.69, 9.17) is 11.6 Å². The lowest BCUT2D eigenvalue weighted by Gasteiger charge is -2.11. The number of hydrogen-bond acceptors (Lipinski definition) is 3. The van der Waals surface area contributed by atoms with E-state index in [0.29, 0.717) is 27.4 Å². The average molecular weight is 360 g/mol. The normalized spacial score (nSPS) is 11.3. The van der Waals surface area contributed by atoms with Crippen molar-refractivity contribution in [3.63, 3.8) is 0 Å². The second kappa shape index (κ2) is 6.94. The van der Waals surface area contributed by atoms with Crippen molar-refractivity contribution in [2.75, 3.05) is 0 Å². The molecule has 126 valence electrons. The number of fused-ring (bicyclic) bond motifs is 1. The molecule has 2 aromatic carbocycles. The Labute approximate surface area is 155 Å². The van der Waals surface area contributed by atoms with Crippen molar-refractivity contribution in [3.8, 4) is 5.69 Å². The van der Waals surface area contributed by atoms with Crippen molar-refractivity contribution in [3.05, 3.63) is 99.8 Å². The molecule has 0 unspecified atom stereocenters. The van der Waals surface area contributed by atoms with Gasteiger partial charge in [0.15, 0.2) is 0 Å². The van der Waals surface area contributed by atoms with Crippen molar-refractivity contribution in [2.24, 2.45) is 0 Å². The van der Waals surface area contributed by atoms with Crippen LogP contribution in [0, 0.1) is 0 Å². The average Bonchev–Trinajstić information content (AvgIpc) is 2.68. The summed E-state index contributed by atoms with van der Waals surface area (Å²) in [5.74, 6) is 0.542. The lowest BCUT2D eigenvalue weighted by molar-refractivity contribution is 0.944. The summed E-state index contributed by atoms with van der Waals surface area (Å²) >= 11 is 5.99. The summed E-state index contributed by atoms with van der Waals surface area (Å²) in [6, 6.07) is 18.3. The third kappa shape index (κ3) is 3.15. The van der Waals surface area contributed by atoms with Crippen molar-refractivity contribution in [1.82, 2.24) is 14.5 Å². The predicted molar refractivity (Wildman–Crippen MR) is 106 cm³/mol. The summed E-state index contributed by atoms with van der Waals surface area (Å²) in [5, 5.41) is 1.18. The number of aromatic nitrogens is 3. The Bertz CT molecular complexity index is 1150. The van der Waals surface area contributed by atoms with Crippen LogP contribution in [0.2, 0.25) is 5.02 Å². The van der Waals surface area contributed by atoms with Crippen molar-refractivity contribution in [1.29, 1.82) is 0 Å². The molecule has 0 aliphatic rings. The summed E-state index contributed by atoms with van der Waals surface area (Å²) in [6.45, 7) is 0. The maximum Gasteiger partial charge on any atom is 0.266 e. The standard InChI is InChI=1S/C21H14ClN3O/c22-16-8-10-17(11-9-16)25-20(12-7-15-4-3-13-23-14-15)24-19-6-2-1-5-18(19)21(25)26/h1-14H/b12-7+. The van der Waals surface area contributed by atoms with E-state index in [1.54, 1.807) is 35.2 Å². The van der Waals surface area contributed by atoms with Crippen LogP contribution in [0.4, 0.5) is 0 Å². The Balaban J connectivity index is 1.95. The molecule has 2 heterocycles. The molecule has 0 N–H and O–H groups in total. The molecule has 2 aromatic heterocycles. The van der Waals surface area contributed by atoms with Gasteiger partial charge in [-0.05, 0) is 60.2 Å². The second-order valence-electron chi connectivity index (χ2n) is 5.72. The molecule has 0 spiro atoms. The third-order valence-corrected chi connectivity index (χ3v) is 4.25. The molecule has 0 amide bonds. The summed E-state index contributed by atoms with van der Waals surface area (Å²) < 4.78 is 1.59. The fourth-order valence-corrected chi connectivity index (χ4v) is 2.87. The number of nitrogens with zero attached hydrogens (tertiary/aromatic N) is 3. The van der Waals surface area contributed by atoms with Crippen LogP contribution in [-0.4, -0.2) is 14.5 Å². The van der Waals surface area contributed by atoms with Crippen LogP contribution in [0.3, 0.4) is 0 Å². The molecule has 0 saturated heterocycles. The van der Waals surface area contributed by atoms with Gasteiger partial charge in [0, 0.05) is 17.4 Å². The van der Waals surface area contributed by atoms with Gasteiger partial charge in [0.25, 0.3) is 5.56 Å². The fourth-order valence-electron chi connectivity index (χ4n) is 2.75. The van der Waals surface area contributed by atoms with Crippen LogP contribution >= 0.6 is 11.6 Å². The highest BCUT2D eigenvalue weighted by molar-refractivity contribution is 6.30. The van der Waals surface area contributed by atoms with Crippen LogP contribution < -0.4 is 5.56 Å². The van der Waals surface area contributed by atoms with Crippen molar-refractivity contribution in [2.45, 2.75) is 0 Å². The molecule has 0 aliphatic carbocycles. The van der Waals surface area contributed by atoms with Crippen LogP contribution in [-0.2, 0) is 0 Å². The predicted octanol–water partition coefficient (Wildman–Crippen LogP) is 4.60. The highest BCUT2D eigenvalue weighted by Crippen LogP contribution is 2.17. The van der Waals surface area contributed by atoms with Gasteiger partial charge in [0.05, 0.1) is 16.6 Å². The smallest absolute Gasteiger partial charge is 0.266 e. The molecular weight excluding hydrogens is 346 g/mol. The molecule has 26 heavy (non-hydrogen) atoms. The minimum Gasteiger partial charge on any atom is -0.268 e. The Kier molecular flexibility index (Phi) is 4.33. The highest BCUT2D eigenvalue weighted by Gasteiger charge is 2.10. The van der Waals surface area contributed by atoms with Crippen LogP contribution in [0.25, 0.3) is 28.7 Å². The SMILES string of the molecule is O=c1c2ccccc2nc(/C=C/c2cccnc2)n1-c1ccc(Cl)cc1. The summed E-state index contributed by atoms with van der Waals surface area (Å²) in [4.78, 5) is 21.9. The summed E-state index contributed by atoms with van der Waals surface area (Å²) in [7, 11) is 0. The van der Waals surface area contributed by atoms with Gasteiger partial charge in [-0.3, -0.25) is 14.3 Å². The molecule has 4 nitrogen and oxygen atoms in total. The molecule has 5 heteroatoms. The van der Waals surface area contributed by atoms with Gasteiger partial charge in [0.2, 0.25) is 0 Å². The van der Waals surface area contributed by atoms with E-state index in [-0.39, 0.29) is 5.56 Å². The van der Waals surface area contributed by atoms with Gasteiger partial charge in [-0.1, -0.05) is 29.8 Å². The molecule has 0 aliphatic heterocycles.